The van der Waals surface area contributed by atoms with Crippen molar-refractivity contribution in [3.05, 3.63) is 36.4 Å². The van der Waals surface area contributed by atoms with Crippen LogP contribution in [0.15, 0.2) is 36.4 Å². The molecule has 0 aliphatic heterocycles. The Labute approximate surface area is 163 Å². The van der Waals surface area contributed by atoms with E-state index in [0.29, 0.717) is 13.0 Å². The van der Waals surface area contributed by atoms with E-state index in [1.54, 1.807) is 0 Å². The Hall–Kier alpha value is -2.07. The van der Waals surface area contributed by atoms with Crippen LogP contribution in [0.25, 0.3) is 10.8 Å². The van der Waals surface area contributed by atoms with Gasteiger partial charge in [0.1, 0.15) is 11.4 Å². The molecule has 1 atom stereocenters. The van der Waals surface area contributed by atoms with Gasteiger partial charge in [-0.3, -0.25) is 4.79 Å². The second kappa shape index (κ2) is 9.75. The summed E-state index contributed by atoms with van der Waals surface area (Å²) in [5.74, 6) is 0.738. The van der Waals surface area contributed by atoms with Crippen molar-refractivity contribution < 1.29 is 14.3 Å². The van der Waals surface area contributed by atoms with Gasteiger partial charge in [0, 0.05) is 23.1 Å². The molecule has 2 aromatic rings. The molecule has 0 saturated heterocycles. The molecule has 0 radical (unpaired) electrons. The number of hydrogen-bond acceptors (Lipinski definition) is 3. The van der Waals surface area contributed by atoms with Gasteiger partial charge in [0.15, 0.2) is 0 Å². The Bertz CT molecular complexity index is 746. The smallest absolute Gasteiger partial charge is 0.256 e. The Kier molecular flexibility index (Phi) is 7.66. The maximum Gasteiger partial charge on any atom is 0.256 e. The van der Waals surface area contributed by atoms with Gasteiger partial charge < -0.3 is 14.8 Å². The van der Waals surface area contributed by atoms with Crippen molar-refractivity contribution in [1.82, 2.24) is 0 Å². The fourth-order valence-electron chi connectivity index (χ4n) is 3.08. The van der Waals surface area contributed by atoms with Crippen LogP contribution in [-0.2, 0) is 9.53 Å². The van der Waals surface area contributed by atoms with E-state index in [1.807, 2.05) is 57.2 Å². The van der Waals surface area contributed by atoms with Gasteiger partial charge >= 0.3 is 0 Å². The quantitative estimate of drug-likeness (QED) is 0.562. The molecule has 0 aromatic heterocycles. The maximum absolute atomic E-state index is 13.1. The molecular weight excluding hydrogens is 338 g/mol. The topological polar surface area (TPSA) is 47.6 Å². The molecule has 0 unspecified atom stereocenters. The highest BCUT2D eigenvalue weighted by molar-refractivity contribution is 6.06. The average Bonchev–Trinajstić information content (AvgIpc) is 2.66. The fourth-order valence-corrected chi connectivity index (χ4v) is 3.08. The Morgan fingerprint density at radius 3 is 2.41 bits per heavy atom. The Morgan fingerprint density at radius 1 is 1.07 bits per heavy atom. The number of nitrogens with one attached hydrogen (secondary N) is 1. The molecule has 148 valence electrons. The molecule has 2 rings (SSSR count). The van der Waals surface area contributed by atoms with Crippen molar-refractivity contribution in [2.45, 2.75) is 72.0 Å². The SMILES string of the molecule is CCCC[C@](C)(OCCC)C(=O)Nc1ccc(OC(C)C)c2ccccc12. The zero-order valence-corrected chi connectivity index (χ0v) is 17.3. The average molecular weight is 372 g/mol. The van der Waals surface area contributed by atoms with Crippen LogP contribution in [-0.4, -0.2) is 24.2 Å². The zero-order valence-electron chi connectivity index (χ0n) is 17.3. The highest BCUT2D eigenvalue weighted by Gasteiger charge is 2.33. The zero-order chi connectivity index (χ0) is 19.9. The number of benzene rings is 2. The minimum Gasteiger partial charge on any atom is -0.490 e. The molecule has 0 saturated carbocycles. The van der Waals surface area contributed by atoms with Crippen LogP contribution in [0.2, 0.25) is 0 Å². The van der Waals surface area contributed by atoms with Gasteiger partial charge in [0.25, 0.3) is 5.91 Å². The summed E-state index contributed by atoms with van der Waals surface area (Å²) < 4.78 is 11.9. The number of ether oxygens (including phenoxy) is 2. The molecule has 4 heteroatoms. The number of rotatable bonds is 10. The van der Waals surface area contributed by atoms with Crippen molar-refractivity contribution in [3.8, 4) is 5.75 Å². The summed E-state index contributed by atoms with van der Waals surface area (Å²) in [7, 11) is 0. The standard InChI is InChI=1S/C23H33NO3/c1-6-8-15-23(5,26-16-7-2)22(25)24-20-13-14-21(27-17(3)4)19-12-10-9-11-18(19)20/h9-14,17H,6-8,15-16H2,1-5H3,(H,24,25)/t23-/m0/s1. The number of hydrogen-bond donors (Lipinski definition) is 1. The van der Waals surface area contributed by atoms with Crippen LogP contribution < -0.4 is 10.1 Å². The van der Waals surface area contributed by atoms with E-state index >= 15 is 0 Å². The highest BCUT2D eigenvalue weighted by Crippen LogP contribution is 2.33. The van der Waals surface area contributed by atoms with E-state index in [1.165, 1.54) is 0 Å². The third kappa shape index (κ3) is 5.46. The first-order valence-corrected chi connectivity index (χ1v) is 10.0. The number of amides is 1. The number of unbranched alkanes of at least 4 members (excludes halogenated alkanes) is 1. The summed E-state index contributed by atoms with van der Waals surface area (Å²) in [6.45, 7) is 10.7. The minimum atomic E-state index is -0.819. The second-order valence-corrected chi connectivity index (χ2v) is 7.46. The minimum absolute atomic E-state index is 0.0907. The van der Waals surface area contributed by atoms with E-state index in [4.69, 9.17) is 9.47 Å². The maximum atomic E-state index is 13.1. The number of fused-ring (bicyclic) bond motifs is 1. The predicted octanol–water partition coefficient (Wildman–Crippen LogP) is 5.94. The lowest BCUT2D eigenvalue weighted by molar-refractivity contribution is -0.140. The normalized spacial score (nSPS) is 13.6. The van der Waals surface area contributed by atoms with Crippen molar-refractivity contribution in [1.29, 1.82) is 0 Å². The Morgan fingerprint density at radius 2 is 1.78 bits per heavy atom. The van der Waals surface area contributed by atoms with E-state index in [0.717, 1.165) is 41.5 Å². The van der Waals surface area contributed by atoms with Crippen LogP contribution in [0.5, 0.6) is 5.75 Å². The van der Waals surface area contributed by atoms with Crippen molar-refractivity contribution in [2.24, 2.45) is 0 Å². The molecule has 0 fully saturated rings. The molecule has 2 aromatic carbocycles. The second-order valence-electron chi connectivity index (χ2n) is 7.46. The van der Waals surface area contributed by atoms with Crippen LogP contribution in [0.1, 0.15) is 60.3 Å². The first kappa shape index (κ1) is 21.2. The summed E-state index contributed by atoms with van der Waals surface area (Å²) in [4.78, 5) is 13.1. The monoisotopic (exact) mass is 371 g/mol. The van der Waals surface area contributed by atoms with Crippen LogP contribution in [0.3, 0.4) is 0 Å². The first-order chi connectivity index (χ1) is 12.9. The molecule has 0 aliphatic carbocycles. The van der Waals surface area contributed by atoms with Gasteiger partial charge in [-0.15, -0.1) is 0 Å². The molecule has 27 heavy (non-hydrogen) atoms. The predicted molar refractivity (Wildman–Crippen MR) is 113 cm³/mol. The molecule has 0 heterocycles. The molecule has 0 bridgehead atoms. The van der Waals surface area contributed by atoms with Crippen molar-refractivity contribution in [3.63, 3.8) is 0 Å². The van der Waals surface area contributed by atoms with Gasteiger partial charge in [-0.25, -0.2) is 0 Å². The lowest BCUT2D eigenvalue weighted by Crippen LogP contribution is -2.43. The molecule has 0 spiro atoms. The summed E-state index contributed by atoms with van der Waals surface area (Å²) in [6.07, 6.45) is 3.67. The Balaban J connectivity index is 2.32. The van der Waals surface area contributed by atoms with E-state index in [9.17, 15) is 4.79 Å². The molecule has 0 aliphatic rings. The van der Waals surface area contributed by atoms with Crippen LogP contribution in [0, 0.1) is 0 Å². The fraction of sp³-hybridized carbons (Fsp3) is 0.522. The molecule has 1 N–H and O–H groups in total. The molecule has 1 amide bonds. The highest BCUT2D eigenvalue weighted by atomic mass is 16.5. The first-order valence-electron chi connectivity index (χ1n) is 10.0. The molecular formula is C23H33NO3. The van der Waals surface area contributed by atoms with E-state index in [2.05, 4.69) is 19.2 Å². The van der Waals surface area contributed by atoms with Gasteiger partial charge in [-0.05, 0) is 45.7 Å². The lowest BCUT2D eigenvalue weighted by Gasteiger charge is -2.29. The van der Waals surface area contributed by atoms with E-state index < -0.39 is 5.60 Å². The third-order valence-corrected chi connectivity index (χ3v) is 4.61. The summed E-state index contributed by atoms with van der Waals surface area (Å²) in [5, 5.41) is 5.07. The van der Waals surface area contributed by atoms with Crippen LogP contribution >= 0.6 is 0 Å². The summed E-state index contributed by atoms with van der Waals surface area (Å²) >= 11 is 0. The third-order valence-electron chi connectivity index (χ3n) is 4.61. The number of carbonyl (C=O) groups excluding carboxylic acids is 1. The van der Waals surface area contributed by atoms with Gasteiger partial charge in [0.05, 0.1) is 6.10 Å². The van der Waals surface area contributed by atoms with Gasteiger partial charge in [-0.1, -0.05) is 51.0 Å². The van der Waals surface area contributed by atoms with Gasteiger partial charge in [0.2, 0.25) is 0 Å². The van der Waals surface area contributed by atoms with Crippen molar-refractivity contribution >= 4 is 22.4 Å². The number of anilines is 1. The largest absolute Gasteiger partial charge is 0.490 e. The number of carbonyl (C=O) groups is 1. The van der Waals surface area contributed by atoms with Crippen LogP contribution in [0.4, 0.5) is 5.69 Å². The van der Waals surface area contributed by atoms with E-state index in [-0.39, 0.29) is 12.0 Å². The summed E-state index contributed by atoms with van der Waals surface area (Å²) in [5.41, 5.74) is -0.0326. The molecule has 4 nitrogen and oxygen atoms in total. The lowest BCUT2D eigenvalue weighted by atomic mass is 9.97. The summed E-state index contributed by atoms with van der Waals surface area (Å²) in [6, 6.07) is 11.8. The van der Waals surface area contributed by atoms with Crippen molar-refractivity contribution in [2.75, 3.05) is 11.9 Å². The van der Waals surface area contributed by atoms with Gasteiger partial charge in [-0.2, -0.15) is 0 Å².